The second-order valence-corrected chi connectivity index (χ2v) is 3.33. The normalized spacial score (nSPS) is 9.89. The summed E-state index contributed by atoms with van der Waals surface area (Å²) < 4.78 is 8.99. The zero-order chi connectivity index (χ0) is 13.4. The van der Waals surface area contributed by atoms with E-state index >= 15 is 0 Å². The maximum Gasteiger partial charge on any atom is 0.345 e. The van der Waals surface area contributed by atoms with Gasteiger partial charge in [-0.1, -0.05) is 42.5 Å². The highest BCUT2D eigenvalue weighted by molar-refractivity contribution is 6.14. The predicted molar refractivity (Wildman–Crippen MR) is 67.6 cm³/mol. The first-order valence-corrected chi connectivity index (χ1v) is 5.29. The standard InChI is InChI=1S/C14H14O4/c1-17-13(15)12(14(16)18-2)10-6-9-11-7-4-3-5-8-11/h3-10H,1-2H3/b9-6+. The van der Waals surface area contributed by atoms with Crippen LogP contribution in [0.25, 0.3) is 6.08 Å². The molecule has 4 nitrogen and oxygen atoms in total. The Hall–Kier alpha value is -2.36. The summed E-state index contributed by atoms with van der Waals surface area (Å²) in [7, 11) is 2.42. The van der Waals surface area contributed by atoms with Crippen LogP contribution in [-0.2, 0) is 19.1 Å². The lowest BCUT2D eigenvalue weighted by Gasteiger charge is -2.01. The number of hydrogen-bond donors (Lipinski definition) is 0. The summed E-state index contributed by atoms with van der Waals surface area (Å²) >= 11 is 0. The summed E-state index contributed by atoms with van der Waals surface area (Å²) in [6.07, 6.45) is 4.73. The number of allylic oxidation sites excluding steroid dienone is 2. The highest BCUT2D eigenvalue weighted by atomic mass is 16.5. The van der Waals surface area contributed by atoms with E-state index in [1.165, 1.54) is 20.3 Å². The lowest BCUT2D eigenvalue weighted by atomic mass is 10.2. The predicted octanol–water partition coefficient (Wildman–Crippen LogP) is 1.97. The fourth-order valence-corrected chi connectivity index (χ4v) is 1.26. The molecule has 1 aromatic rings. The van der Waals surface area contributed by atoms with E-state index in [0.717, 1.165) is 5.56 Å². The van der Waals surface area contributed by atoms with Crippen LogP contribution in [0.15, 0.2) is 48.1 Å². The Morgan fingerprint density at radius 2 is 1.56 bits per heavy atom. The fourth-order valence-electron chi connectivity index (χ4n) is 1.26. The maximum atomic E-state index is 11.3. The first kappa shape index (κ1) is 13.7. The molecule has 0 aromatic heterocycles. The van der Waals surface area contributed by atoms with Crippen LogP contribution in [0.5, 0.6) is 0 Å². The molecule has 0 bridgehead atoms. The second-order valence-electron chi connectivity index (χ2n) is 3.33. The van der Waals surface area contributed by atoms with Gasteiger partial charge in [0.1, 0.15) is 5.57 Å². The zero-order valence-electron chi connectivity index (χ0n) is 10.3. The molecule has 0 saturated heterocycles. The topological polar surface area (TPSA) is 52.6 Å². The van der Waals surface area contributed by atoms with Crippen LogP contribution in [0.1, 0.15) is 5.56 Å². The van der Waals surface area contributed by atoms with Crippen molar-refractivity contribution in [2.24, 2.45) is 0 Å². The average Bonchev–Trinajstić information content (AvgIpc) is 2.43. The second kappa shape index (κ2) is 7.06. The zero-order valence-corrected chi connectivity index (χ0v) is 10.3. The Kier molecular flexibility index (Phi) is 5.38. The van der Waals surface area contributed by atoms with E-state index in [-0.39, 0.29) is 5.57 Å². The van der Waals surface area contributed by atoms with Crippen LogP contribution in [0, 0.1) is 0 Å². The molecule has 1 rings (SSSR count). The van der Waals surface area contributed by atoms with Crippen molar-refractivity contribution in [1.82, 2.24) is 0 Å². The molecule has 0 fully saturated rings. The molecule has 0 atom stereocenters. The third kappa shape index (κ3) is 3.90. The number of carbonyl (C=O) groups excluding carboxylic acids is 2. The van der Waals surface area contributed by atoms with Crippen LogP contribution < -0.4 is 0 Å². The Morgan fingerprint density at radius 1 is 1.00 bits per heavy atom. The van der Waals surface area contributed by atoms with Crippen molar-refractivity contribution in [3.8, 4) is 0 Å². The molecule has 0 radical (unpaired) electrons. The number of carbonyl (C=O) groups is 2. The van der Waals surface area contributed by atoms with Gasteiger partial charge in [-0.3, -0.25) is 0 Å². The smallest absolute Gasteiger partial charge is 0.345 e. The molecule has 0 spiro atoms. The van der Waals surface area contributed by atoms with Crippen LogP contribution in [-0.4, -0.2) is 26.2 Å². The third-order valence-corrected chi connectivity index (χ3v) is 2.16. The Labute approximate surface area is 106 Å². The number of ether oxygens (including phenoxy) is 2. The number of hydrogen-bond acceptors (Lipinski definition) is 4. The third-order valence-electron chi connectivity index (χ3n) is 2.16. The summed E-state index contributed by atoms with van der Waals surface area (Å²) in [6, 6.07) is 9.50. The van der Waals surface area contributed by atoms with Gasteiger partial charge in [-0.15, -0.1) is 0 Å². The van der Waals surface area contributed by atoms with E-state index < -0.39 is 11.9 Å². The first-order valence-electron chi connectivity index (χ1n) is 5.29. The van der Waals surface area contributed by atoms with E-state index in [9.17, 15) is 9.59 Å². The van der Waals surface area contributed by atoms with Gasteiger partial charge in [0, 0.05) is 0 Å². The minimum Gasteiger partial charge on any atom is -0.465 e. The Bertz CT molecular complexity index is 454. The van der Waals surface area contributed by atoms with Gasteiger partial charge in [-0.05, 0) is 11.6 Å². The lowest BCUT2D eigenvalue weighted by molar-refractivity contribution is -0.144. The summed E-state index contributed by atoms with van der Waals surface area (Å²) in [4.78, 5) is 22.7. The van der Waals surface area contributed by atoms with Gasteiger partial charge in [-0.2, -0.15) is 0 Å². The van der Waals surface area contributed by atoms with E-state index in [4.69, 9.17) is 0 Å². The molecular weight excluding hydrogens is 232 g/mol. The quantitative estimate of drug-likeness (QED) is 0.268. The number of rotatable bonds is 4. The average molecular weight is 246 g/mol. The van der Waals surface area contributed by atoms with Crippen molar-refractivity contribution in [2.75, 3.05) is 14.2 Å². The van der Waals surface area contributed by atoms with E-state index in [1.807, 2.05) is 30.3 Å². The molecule has 4 heteroatoms. The minimum absolute atomic E-state index is 0.146. The van der Waals surface area contributed by atoms with Crippen LogP contribution in [0.3, 0.4) is 0 Å². The van der Waals surface area contributed by atoms with Crippen molar-refractivity contribution >= 4 is 18.0 Å². The van der Waals surface area contributed by atoms with Gasteiger partial charge in [0.2, 0.25) is 0 Å². The van der Waals surface area contributed by atoms with Gasteiger partial charge in [0.25, 0.3) is 0 Å². The van der Waals surface area contributed by atoms with Crippen molar-refractivity contribution in [3.05, 3.63) is 53.6 Å². The molecule has 0 unspecified atom stereocenters. The molecule has 1 aromatic carbocycles. The SMILES string of the molecule is COC(=O)C(=C/C=C/c1ccccc1)C(=O)OC. The van der Waals surface area contributed by atoms with Crippen molar-refractivity contribution in [2.45, 2.75) is 0 Å². The number of methoxy groups -OCH3 is 2. The van der Waals surface area contributed by atoms with Crippen LogP contribution in [0.4, 0.5) is 0 Å². The molecule has 0 aliphatic carbocycles. The molecule has 0 aliphatic heterocycles. The molecule has 18 heavy (non-hydrogen) atoms. The molecule has 0 saturated carbocycles. The molecule has 0 N–H and O–H groups in total. The lowest BCUT2D eigenvalue weighted by Crippen LogP contribution is -2.15. The first-order chi connectivity index (χ1) is 8.69. The van der Waals surface area contributed by atoms with Crippen molar-refractivity contribution < 1.29 is 19.1 Å². The van der Waals surface area contributed by atoms with Crippen LogP contribution in [0.2, 0.25) is 0 Å². The van der Waals surface area contributed by atoms with Crippen molar-refractivity contribution in [1.29, 1.82) is 0 Å². The van der Waals surface area contributed by atoms with Gasteiger partial charge < -0.3 is 9.47 Å². The monoisotopic (exact) mass is 246 g/mol. The maximum absolute atomic E-state index is 11.3. The summed E-state index contributed by atoms with van der Waals surface area (Å²) in [6.45, 7) is 0. The van der Waals surface area contributed by atoms with Gasteiger partial charge >= 0.3 is 11.9 Å². The van der Waals surface area contributed by atoms with E-state index in [0.29, 0.717) is 0 Å². The molecular formula is C14H14O4. The van der Waals surface area contributed by atoms with Crippen molar-refractivity contribution in [3.63, 3.8) is 0 Å². The molecule has 0 amide bonds. The van der Waals surface area contributed by atoms with Crippen LogP contribution >= 0.6 is 0 Å². The fraction of sp³-hybridized carbons (Fsp3) is 0.143. The molecule has 94 valence electrons. The largest absolute Gasteiger partial charge is 0.465 e. The molecule has 0 aliphatic rings. The minimum atomic E-state index is -0.723. The van der Waals surface area contributed by atoms with Gasteiger partial charge in [-0.25, -0.2) is 9.59 Å². The number of benzene rings is 1. The highest BCUT2D eigenvalue weighted by Crippen LogP contribution is 2.04. The highest BCUT2D eigenvalue weighted by Gasteiger charge is 2.18. The Morgan fingerprint density at radius 3 is 2.06 bits per heavy atom. The van der Waals surface area contributed by atoms with E-state index in [2.05, 4.69) is 9.47 Å². The summed E-state index contributed by atoms with van der Waals surface area (Å²) in [5.74, 6) is -1.45. The van der Waals surface area contributed by atoms with Gasteiger partial charge in [0.15, 0.2) is 0 Å². The van der Waals surface area contributed by atoms with E-state index in [1.54, 1.807) is 12.2 Å². The molecule has 0 heterocycles. The summed E-state index contributed by atoms with van der Waals surface area (Å²) in [5.41, 5.74) is 0.815. The number of esters is 2. The summed E-state index contributed by atoms with van der Waals surface area (Å²) in [5, 5.41) is 0. The van der Waals surface area contributed by atoms with Gasteiger partial charge in [0.05, 0.1) is 14.2 Å². The Balaban J connectivity index is 2.87.